The number of carbonyl (C=O) groups is 1. The molecular formula is C27H19N3O7S. The minimum absolute atomic E-state index is 0.0241. The summed E-state index contributed by atoms with van der Waals surface area (Å²) in [4.78, 5) is 22.7. The summed E-state index contributed by atoms with van der Waals surface area (Å²) in [5, 5.41) is 24.9. The number of nitrogens with zero attached hydrogens (tertiary/aromatic N) is 2. The Bertz CT molecular complexity index is 1720. The standard InChI is InChI=1S/C27H19N3O7S/c1-36-26-16-18(9-14-25(26)37-38(34,35)22-12-10-21(11-13-22)30(32)33)15-20(17-28)27(31)29-24-8-4-6-19-5-2-3-7-23(19)24/h2-16H,1H3,(H,29,31)/b20-15+. The van der Waals surface area contributed by atoms with Crippen molar-refractivity contribution in [2.75, 3.05) is 12.4 Å². The van der Waals surface area contributed by atoms with Crippen LogP contribution in [0.5, 0.6) is 11.5 Å². The smallest absolute Gasteiger partial charge is 0.339 e. The van der Waals surface area contributed by atoms with Crippen LogP contribution in [0.15, 0.2) is 95.4 Å². The van der Waals surface area contributed by atoms with Crippen LogP contribution in [0.25, 0.3) is 16.8 Å². The third kappa shape index (κ3) is 5.61. The van der Waals surface area contributed by atoms with Gasteiger partial charge in [-0.3, -0.25) is 14.9 Å². The largest absolute Gasteiger partial charge is 0.493 e. The number of benzene rings is 4. The van der Waals surface area contributed by atoms with E-state index in [1.165, 1.54) is 31.4 Å². The van der Waals surface area contributed by atoms with Crippen molar-refractivity contribution >= 4 is 44.2 Å². The molecule has 0 aliphatic carbocycles. The second kappa shape index (κ2) is 10.8. The number of nitriles is 1. The number of nitrogens with one attached hydrogen (secondary N) is 1. The van der Waals surface area contributed by atoms with Crippen LogP contribution in [0, 0.1) is 21.4 Å². The molecule has 0 aromatic heterocycles. The van der Waals surface area contributed by atoms with E-state index >= 15 is 0 Å². The number of fused-ring (bicyclic) bond motifs is 1. The van der Waals surface area contributed by atoms with Crippen molar-refractivity contribution < 1.29 is 27.1 Å². The summed E-state index contributed by atoms with van der Waals surface area (Å²) in [6.45, 7) is 0. The summed E-state index contributed by atoms with van der Waals surface area (Å²) in [6, 6.07) is 23.2. The van der Waals surface area contributed by atoms with Gasteiger partial charge >= 0.3 is 10.1 Å². The Labute approximate surface area is 217 Å². The highest BCUT2D eigenvalue weighted by Gasteiger charge is 2.21. The van der Waals surface area contributed by atoms with Crippen LogP contribution >= 0.6 is 0 Å². The van der Waals surface area contributed by atoms with E-state index in [0.29, 0.717) is 11.3 Å². The number of amides is 1. The van der Waals surface area contributed by atoms with Crippen LogP contribution < -0.4 is 14.2 Å². The molecule has 0 unspecified atom stereocenters. The minimum atomic E-state index is -4.33. The average Bonchev–Trinajstić information content (AvgIpc) is 2.92. The lowest BCUT2D eigenvalue weighted by Crippen LogP contribution is -2.13. The molecule has 1 N–H and O–H groups in total. The fraction of sp³-hybridized carbons (Fsp3) is 0.0370. The molecule has 0 saturated carbocycles. The zero-order chi connectivity index (χ0) is 27.3. The van der Waals surface area contributed by atoms with E-state index in [9.17, 15) is 28.6 Å². The maximum absolute atomic E-state index is 12.8. The number of anilines is 1. The average molecular weight is 530 g/mol. The maximum Gasteiger partial charge on any atom is 0.339 e. The zero-order valence-corrected chi connectivity index (χ0v) is 20.6. The summed E-state index contributed by atoms with van der Waals surface area (Å²) in [7, 11) is -3.03. The van der Waals surface area contributed by atoms with E-state index < -0.39 is 20.9 Å². The van der Waals surface area contributed by atoms with Crippen molar-refractivity contribution in [3.63, 3.8) is 0 Å². The van der Waals surface area contributed by atoms with Crippen LogP contribution in [0.4, 0.5) is 11.4 Å². The predicted molar refractivity (Wildman–Crippen MR) is 140 cm³/mol. The first-order valence-electron chi connectivity index (χ1n) is 11.0. The van der Waals surface area contributed by atoms with E-state index in [0.717, 1.165) is 35.0 Å². The fourth-order valence-corrected chi connectivity index (χ4v) is 4.52. The van der Waals surface area contributed by atoms with Gasteiger partial charge in [-0.15, -0.1) is 0 Å². The maximum atomic E-state index is 12.8. The van der Waals surface area contributed by atoms with Gasteiger partial charge < -0.3 is 14.2 Å². The number of ether oxygens (including phenoxy) is 1. The quantitative estimate of drug-likeness (QED) is 0.109. The molecule has 0 atom stereocenters. The van der Waals surface area contributed by atoms with Crippen molar-refractivity contribution in [3.05, 3.63) is 106 Å². The first-order valence-corrected chi connectivity index (χ1v) is 12.4. The summed E-state index contributed by atoms with van der Waals surface area (Å²) in [6.07, 6.45) is 1.33. The molecule has 0 fully saturated rings. The number of nitro benzene ring substituents is 1. The van der Waals surface area contributed by atoms with Gasteiger partial charge in [0.05, 0.1) is 12.0 Å². The number of non-ortho nitro benzene ring substituents is 1. The fourth-order valence-electron chi connectivity index (χ4n) is 3.58. The molecule has 4 rings (SSSR count). The van der Waals surface area contributed by atoms with E-state index in [1.807, 2.05) is 36.4 Å². The molecule has 4 aromatic carbocycles. The number of nitro groups is 1. The monoisotopic (exact) mass is 529 g/mol. The first kappa shape index (κ1) is 25.9. The van der Waals surface area contributed by atoms with Crippen LogP contribution in [-0.4, -0.2) is 26.4 Å². The molecule has 4 aromatic rings. The third-order valence-corrected chi connectivity index (χ3v) is 6.69. The molecule has 0 aliphatic rings. The summed E-state index contributed by atoms with van der Waals surface area (Å²) < 4.78 is 35.7. The lowest BCUT2D eigenvalue weighted by atomic mass is 10.1. The van der Waals surface area contributed by atoms with E-state index in [2.05, 4.69) is 5.32 Å². The third-order valence-electron chi connectivity index (χ3n) is 5.44. The Morgan fingerprint density at radius 3 is 2.39 bits per heavy atom. The van der Waals surface area contributed by atoms with Gasteiger partial charge in [0.15, 0.2) is 11.5 Å². The van der Waals surface area contributed by atoms with Gasteiger partial charge in [0, 0.05) is 23.2 Å². The number of methoxy groups -OCH3 is 1. The topological polar surface area (TPSA) is 149 Å². The molecule has 0 radical (unpaired) electrons. The second-order valence-electron chi connectivity index (χ2n) is 7.85. The Hall–Kier alpha value is -5.21. The molecule has 38 heavy (non-hydrogen) atoms. The molecular weight excluding hydrogens is 510 g/mol. The molecule has 0 aliphatic heterocycles. The van der Waals surface area contributed by atoms with Crippen LogP contribution in [-0.2, 0) is 14.9 Å². The molecule has 0 bridgehead atoms. The first-order chi connectivity index (χ1) is 18.2. The summed E-state index contributed by atoms with van der Waals surface area (Å²) >= 11 is 0. The highest BCUT2D eigenvalue weighted by molar-refractivity contribution is 7.87. The lowest BCUT2D eigenvalue weighted by molar-refractivity contribution is -0.384. The van der Waals surface area contributed by atoms with Gasteiger partial charge in [-0.05, 0) is 47.4 Å². The van der Waals surface area contributed by atoms with E-state index in [1.54, 1.807) is 12.1 Å². The highest BCUT2D eigenvalue weighted by Crippen LogP contribution is 2.32. The molecule has 11 heteroatoms. The van der Waals surface area contributed by atoms with Gasteiger partial charge in [-0.2, -0.15) is 13.7 Å². The number of hydrogen-bond acceptors (Lipinski definition) is 8. The molecule has 1 amide bonds. The molecule has 0 spiro atoms. The second-order valence-corrected chi connectivity index (χ2v) is 9.40. The SMILES string of the molecule is COc1cc(/C=C(\C#N)C(=O)Nc2cccc3ccccc23)ccc1OS(=O)(=O)c1ccc([N+](=O)[O-])cc1. The molecule has 10 nitrogen and oxygen atoms in total. The molecule has 0 saturated heterocycles. The van der Waals surface area contributed by atoms with Gasteiger partial charge in [-0.25, -0.2) is 0 Å². The molecule has 0 heterocycles. The summed E-state index contributed by atoms with van der Waals surface area (Å²) in [5.41, 5.74) is 0.473. The summed E-state index contributed by atoms with van der Waals surface area (Å²) in [5.74, 6) is -0.749. The van der Waals surface area contributed by atoms with Crippen LogP contribution in [0.1, 0.15) is 5.56 Å². The Morgan fingerprint density at radius 2 is 1.71 bits per heavy atom. The zero-order valence-electron chi connectivity index (χ0n) is 19.8. The van der Waals surface area contributed by atoms with Gasteiger partial charge in [0.1, 0.15) is 16.5 Å². The Morgan fingerprint density at radius 1 is 1.00 bits per heavy atom. The van der Waals surface area contributed by atoms with Crippen molar-refractivity contribution in [3.8, 4) is 17.6 Å². The van der Waals surface area contributed by atoms with Crippen molar-refractivity contribution in [2.24, 2.45) is 0 Å². The van der Waals surface area contributed by atoms with Gasteiger partial charge in [0.2, 0.25) is 0 Å². The lowest BCUT2D eigenvalue weighted by Gasteiger charge is -2.12. The minimum Gasteiger partial charge on any atom is -0.493 e. The Balaban J connectivity index is 1.57. The number of hydrogen-bond donors (Lipinski definition) is 1. The number of rotatable bonds is 8. The van der Waals surface area contributed by atoms with Gasteiger partial charge in [-0.1, -0.05) is 42.5 Å². The molecule has 190 valence electrons. The normalized spacial score (nSPS) is 11.4. The van der Waals surface area contributed by atoms with Crippen LogP contribution in [0.3, 0.4) is 0 Å². The van der Waals surface area contributed by atoms with Crippen molar-refractivity contribution in [1.29, 1.82) is 5.26 Å². The van der Waals surface area contributed by atoms with Gasteiger partial charge in [0.25, 0.3) is 11.6 Å². The van der Waals surface area contributed by atoms with Crippen molar-refractivity contribution in [2.45, 2.75) is 4.90 Å². The van der Waals surface area contributed by atoms with E-state index in [4.69, 9.17) is 8.92 Å². The predicted octanol–water partition coefficient (Wildman–Crippen LogP) is 5.07. The highest BCUT2D eigenvalue weighted by atomic mass is 32.2. The Kier molecular flexibility index (Phi) is 7.36. The van der Waals surface area contributed by atoms with Crippen molar-refractivity contribution in [1.82, 2.24) is 0 Å². The van der Waals surface area contributed by atoms with E-state index in [-0.39, 0.29) is 27.7 Å². The van der Waals surface area contributed by atoms with Crippen LogP contribution in [0.2, 0.25) is 0 Å². The number of carbonyl (C=O) groups excluding carboxylic acids is 1.